The molecule has 1 amide bonds. The van der Waals surface area contributed by atoms with Crippen LogP contribution in [0.15, 0.2) is 32.9 Å². The summed E-state index contributed by atoms with van der Waals surface area (Å²) in [5.41, 5.74) is 0.358. The number of fused-ring (bicyclic) bond motifs is 1. The molecule has 8 heteroatoms. The zero-order chi connectivity index (χ0) is 15.4. The lowest BCUT2D eigenvalue weighted by molar-refractivity contribution is -0.122. The van der Waals surface area contributed by atoms with Crippen molar-refractivity contribution < 1.29 is 9.90 Å². The highest BCUT2D eigenvalue weighted by atomic mass is 79.9. The normalized spacial score (nSPS) is 23.8. The van der Waals surface area contributed by atoms with Gasteiger partial charge in [-0.3, -0.25) is 4.79 Å². The van der Waals surface area contributed by atoms with Crippen LogP contribution in [0.4, 0.5) is 5.69 Å². The first-order valence-electron chi connectivity index (χ1n) is 6.09. The minimum absolute atomic E-state index is 0.113. The largest absolute Gasteiger partial charge is 0.493 e. The molecule has 0 radical (unpaired) electrons. The number of aromatic amines is 1. The van der Waals surface area contributed by atoms with Crippen LogP contribution in [-0.4, -0.2) is 19.2 Å². The van der Waals surface area contributed by atoms with Gasteiger partial charge in [-0.2, -0.15) is 0 Å². The molecule has 1 fully saturated rings. The molecule has 0 bridgehead atoms. The summed E-state index contributed by atoms with van der Waals surface area (Å²) in [6, 6.07) is 5.48. The molecule has 0 saturated heterocycles. The predicted octanol–water partition coefficient (Wildman–Crippen LogP) is 5.14. The molecule has 1 aliphatic carbocycles. The van der Waals surface area contributed by atoms with Crippen molar-refractivity contribution in [3.05, 3.63) is 22.7 Å². The third kappa shape index (κ3) is 2.37. The summed E-state index contributed by atoms with van der Waals surface area (Å²) in [5, 5.41) is 18.3. The van der Waals surface area contributed by atoms with Crippen LogP contribution in [0.5, 0.6) is 5.88 Å². The molecule has 1 heterocycles. The van der Waals surface area contributed by atoms with Gasteiger partial charge in [0.15, 0.2) is 5.69 Å². The van der Waals surface area contributed by atoms with Crippen molar-refractivity contribution in [1.29, 1.82) is 0 Å². The maximum absolute atomic E-state index is 12.1. The highest BCUT2D eigenvalue weighted by molar-refractivity contribution is 9.25. The van der Waals surface area contributed by atoms with Gasteiger partial charge < -0.3 is 10.1 Å². The van der Waals surface area contributed by atoms with Crippen molar-refractivity contribution in [3.63, 3.8) is 0 Å². The van der Waals surface area contributed by atoms with E-state index in [2.05, 4.69) is 63.0 Å². The van der Waals surface area contributed by atoms with E-state index in [1.54, 1.807) is 0 Å². The Morgan fingerprint density at radius 3 is 2.71 bits per heavy atom. The van der Waals surface area contributed by atoms with Crippen LogP contribution >= 0.6 is 47.8 Å². The quantitative estimate of drug-likeness (QED) is 0.462. The van der Waals surface area contributed by atoms with E-state index in [1.807, 2.05) is 25.1 Å². The number of halogens is 3. The Labute approximate surface area is 145 Å². The minimum Gasteiger partial charge on any atom is -0.493 e. The average molecular weight is 480 g/mol. The minimum atomic E-state index is -0.616. The van der Waals surface area contributed by atoms with Gasteiger partial charge >= 0.3 is 0 Å². The van der Waals surface area contributed by atoms with E-state index in [-0.39, 0.29) is 17.5 Å². The SMILES string of the molecule is CC1(C(=O)N=Nc2c(O)[nH]c3cccc(Br)c23)CC1(Br)Br. The molecular weight excluding hydrogens is 470 g/mol. The van der Waals surface area contributed by atoms with Crippen molar-refractivity contribution in [3.8, 4) is 5.88 Å². The summed E-state index contributed by atoms with van der Waals surface area (Å²) >= 11 is 10.3. The van der Waals surface area contributed by atoms with E-state index in [9.17, 15) is 9.90 Å². The molecule has 110 valence electrons. The Kier molecular flexibility index (Phi) is 3.53. The highest BCUT2D eigenvalue weighted by Gasteiger charge is 2.67. The maximum Gasteiger partial charge on any atom is 0.272 e. The lowest BCUT2D eigenvalue weighted by Crippen LogP contribution is -2.14. The number of benzene rings is 1. The molecular formula is C13H10Br3N3O2. The number of nitrogens with one attached hydrogen (secondary N) is 1. The second kappa shape index (κ2) is 4.89. The number of alkyl halides is 2. The highest BCUT2D eigenvalue weighted by Crippen LogP contribution is 2.66. The topological polar surface area (TPSA) is 77.8 Å². The molecule has 2 aromatic rings. The summed E-state index contributed by atoms with van der Waals surface area (Å²) in [7, 11) is 0. The Balaban J connectivity index is 1.98. The summed E-state index contributed by atoms with van der Waals surface area (Å²) in [6.45, 7) is 1.81. The zero-order valence-electron chi connectivity index (χ0n) is 10.8. The fraction of sp³-hybridized carbons (Fsp3) is 0.308. The van der Waals surface area contributed by atoms with Gasteiger partial charge in [-0.25, -0.2) is 0 Å². The van der Waals surface area contributed by atoms with Gasteiger partial charge in [0.2, 0.25) is 5.88 Å². The van der Waals surface area contributed by atoms with Crippen molar-refractivity contribution in [2.75, 3.05) is 0 Å². The number of hydrogen-bond donors (Lipinski definition) is 2. The van der Waals surface area contributed by atoms with Gasteiger partial charge in [0, 0.05) is 9.86 Å². The zero-order valence-corrected chi connectivity index (χ0v) is 15.6. The van der Waals surface area contributed by atoms with Crippen LogP contribution in [0.25, 0.3) is 10.9 Å². The number of carbonyl (C=O) groups is 1. The number of aromatic nitrogens is 1. The standard InChI is InChI=1S/C13H10Br3N3O2/c1-12(5-13(12,15)16)11(21)19-18-9-8-6(14)3-2-4-7(8)17-10(9)20/h2-4,17,20H,5H2,1H3. The molecule has 1 aromatic heterocycles. The number of H-pyrrole nitrogens is 1. The third-order valence-electron chi connectivity index (χ3n) is 3.70. The van der Waals surface area contributed by atoms with E-state index in [4.69, 9.17) is 0 Å². The number of aromatic hydroxyl groups is 1. The van der Waals surface area contributed by atoms with Gasteiger partial charge in [-0.1, -0.05) is 53.9 Å². The Hall–Kier alpha value is -0.730. The fourth-order valence-electron chi connectivity index (χ4n) is 2.11. The van der Waals surface area contributed by atoms with Gasteiger partial charge in [0.1, 0.15) is 0 Å². The molecule has 1 aromatic carbocycles. The van der Waals surface area contributed by atoms with E-state index >= 15 is 0 Å². The van der Waals surface area contributed by atoms with Crippen molar-refractivity contribution in [2.45, 2.75) is 16.6 Å². The molecule has 0 spiro atoms. The van der Waals surface area contributed by atoms with Crippen molar-refractivity contribution in [1.82, 2.24) is 4.98 Å². The smallest absolute Gasteiger partial charge is 0.272 e. The third-order valence-corrected chi connectivity index (χ3v) is 6.67. The van der Waals surface area contributed by atoms with Gasteiger partial charge in [0.25, 0.3) is 5.91 Å². The van der Waals surface area contributed by atoms with Crippen LogP contribution < -0.4 is 0 Å². The van der Waals surface area contributed by atoms with Gasteiger partial charge in [-0.15, -0.1) is 10.2 Å². The molecule has 5 nitrogen and oxygen atoms in total. The maximum atomic E-state index is 12.1. The predicted molar refractivity (Wildman–Crippen MR) is 90.5 cm³/mol. The fourth-order valence-corrected chi connectivity index (χ4v) is 4.12. The second-order valence-corrected chi connectivity index (χ2v) is 9.83. The van der Waals surface area contributed by atoms with Crippen LogP contribution in [0.1, 0.15) is 13.3 Å². The molecule has 1 unspecified atom stereocenters. The Morgan fingerprint density at radius 1 is 1.43 bits per heavy atom. The molecule has 1 saturated carbocycles. The second-order valence-electron chi connectivity index (χ2n) is 5.20. The number of azo groups is 1. The van der Waals surface area contributed by atoms with E-state index < -0.39 is 8.65 Å². The van der Waals surface area contributed by atoms with Crippen molar-refractivity contribution >= 4 is 70.3 Å². The van der Waals surface area contributed by atoms with Crippen LogP contribution in [-0.2, 0) is 4.79 Å². The molecule has 2 N–H and O–H groups in total. The number of amides is 1. The summed E-state index contributed by atoms with van der Waals surface area (Å²) < 4.78 is 0.359. The first-order chi connectivity index (χ1) is 9.76. The molecule has 0 aliphatic heterocycles. The number of rotatable bonds is 2. The monoisotopic (exact) mass is 477 g/mol. The Bertz CT molecular complexity index is 784. The first-order valence-corrected chi connectivity index (χ1v) is 8.47. The Morgan fingerprint density at radius 2 is 2.10 bits per heavy atom. The summed E-state index contributed by atoms with van der Waals surface area (Å²) in [6.07, 6.45) is 0.640. The van der Waals surface area contributed by atoms with Crippen molar-refractivity contribution in [2.24, 2.45) is 15.6 Å². The molecule has 1 atom stereocenters. The molecule has 21 heavy (non-hydrogen) atoms. The first kappa shape index (κ1) is 15.2. The van der Waals surface area contributed by atoms with Gasteiger partial charge in [0.05, 0.1) is 14.2 Å². The van der Waals surface area contributed by atoms with E-state index in [1.165, 1.54) is 0 Å². The molecule has 1 aliphatic rings. The summed E-state index contributed by atoms with van der Waals surface area (Å²) in [5.74, 6) is -0.449. The van der Waals surface area contributed by atoms with Crippen LogP contribution in [0.2, 0.25) is 0 Å². The number of hydrogen-bond acceptors (Lipinski definition) is 3. The lowest BCUT2D eigenvalue weighted by Gasteiger charge is -2.05. The number of nitrogens with zero attached hydrogens (tertiary/aromatic N) is 2. The number of carbonyl (C=O) groups excluding carboxylic acids is 1. The summed E-state index contributed by atoms with van der Waals surface area (Å²) in [4.78, 5) is 15.0. The van der Waals surface area contributed by atoms with E-state index in [0.717, 1.165) is 9.99 Å². The average Bonchev–Trinajstić information content (AvgIpc) is 2.76. The van der Waals surface area contributed by atoms with E-state index in [0.29, 0.717) is 11.8 Å². The van der Waals surface area contributed by atoms with Crippen LogP contribution in [0.3, 0.4) is 0 Å². The molecule has 3 rings (SSSR count). The lowest BCUT2D eigenvalue weighted by atomic mass is 10.1. The van der Waals surface area contributed by atoms with Crippen LogP contribution in [0, 0.1) is 5.41 Å². The van der Waals surface area contributed by atoms with Gasteiger partial charge in [-0.05, 0) is 25.5 Å².